The molecule has 110 valence electrons. The van der Waals surface area contributed by atoms with Gasteiger partial charge in [-0.1, -0.05) is 35.9 Å². The Bertz CT molecular complexity index is 601. The molecule has 0 saturated heterocycles. The van der Waals surface area contributed by atoms with E-state index >= 15 is 0 Å². The van der Waals surface area contributed by atoms with Crippen molar-refractivity contribution in [1.29, 1.82) is 0 Å². The molecule has 1 fully saturated rings. The smallest absolute Gasteiger partial charge is 0.169 e. The van der Waals surface area contributed by atoms with Crippen LogP contribution in [0.5, 0.6) is 11.5 Å². The van der Waals surface area contributed by atoms with Crippen LogP contribution in [-0.2, 0) is 0 Å². The van der Waals surface area contributed by atoms with Crippen LogP contribution in [0.25, 0.3) is 11.1 Å². The minimum absolute atomic E-state index is 0.298. The number of hydrogen-bond acceptors (Lipinski definition) is 2. The fraction of sp³-hybridized carbons (Fsp3) is 0.333. The summed E-state index contributed by atoms with van der Waals surface area (Å²) in [6, 6.07) is 13.8. The van der Waals surface area contributed by atoms with Gasteiger partial charge in [0.05, 0.1) is 13.2 Å². The van der Waals surface area contributed by atoms with Crippen LogP contribution in [0.1, 0.15) is 25.7 Å². The molecule has 21 heavy (non-hydrogen) atoms. The summed E-state index contributed by atoms with van der Waals surface area (Å²) in [5, 5.41) is 0.736. The highest BCUT2D eigenvalue weighted by Crippen LogP contribution is 2.40. The maximum atomic E-state index is 6.26. The molecule has 1 aliphatic carbocycles. The Labute approximate surface area is 130 Å². The first kappa shape index (κ1) is 14.3. The first-order chi connectivity index (χ1) is 10.3. The molecule has 0 heterocycles. The molecule has 0 radical (unpaired) electrons. The molecule has 0 spiro atoms. The van der Waals surface area contributed by atoms with E-state index in [0.29, 0.717) is 6.10 Å². The van der Waals surface area contributed by atoms with Gasteiger partial charge >= 0.3 is 0 Å². The number of para-hydroxylation sites is 1. The molecular formula is C18H19ClO2. The average molecular weight is 303 g/mol. The zero-order valence-corrected chi connectivity index (χ0v) is 12.9. The lowest BCUT2D eigenvalue weighted by molar-refractivity contribution is 0.202. The largest absolute Gasteiger partial charge is 0.493 e. The maximum absolute atomic E-state index is 6.26. The van der Waals surface area contributed by atoms with E-state index in [0.717, 1.165) is 40.5 Å². The molecule has 0 bridgehead atoms. The van der Waals surface area contributed by atoms with E-state index in [-0.39, 0.29) is 0 Å². The van der Waals surface area contributed by atoms with E-state index in [4.69, 9.17) is 21.1 Å². The second-order valence-corrected chi connectivity index (χ2v) is 5.80. The number of methoxy groups -OCH3 is 1. The minimum Gasteiger partial charge on any atom is -0.493 e. The van der Waals surface area contributed by atoms with Gasteiger partial charge in [-0.15, -0.1) is 0 Å². The Balaban J connectivity index is 2.00. The van der Waals surface area contributed by atoms with Gasteiger partial charge in [0.15, 0.2) is 11.5 Å². The summed E-state index contributed by atoms with van der Waals surface area (Å²) >= 11 is 5.98. The molecule has 0 unspecified atom stereocenters. The summed E-state index contributed by atoms with van der Waals surface area (Å²) in [5.74, 6) is 1.63. The first-order valence-electron chi connectivity index (χ1n) is 7.37. The predicted molar refractivity (Wildman–Crippen MR) is 86.3 cm³/mol. The number of halogens is 1. The van der Waals surface area contributed by atoms with Crippen molar-refractivity contribution in [2.75, 3.05) is 7.11 Å². The van der Waals surface area contributed by atoms with E-state index in [9.17, 15) is 0 Å². The van der Waals surface area contributed by atoms with Gasteiger partial charge in [0.1, 0.15) is 0 Å². The molecule has 2 nitrogen and oxygen atoms in total. The first-order valence-corrected chi connectivity index (χ1v) is 7.75. The van der Waals surface area contributed by atoms with Crippen molar-refractivity contribution in [2.45, 2.75) is 31.8 Å². The van der Waals surface area contributed by atoms with Gasteiger partial charge in [0.2, 0.25) is 0 Å². The third-order valence-electron chi connectivity index (χ3n) is 3.94. The lowest BCUT2D eigenvalue weighted by Gasteiger charge is -2.19. The van der Waals surface area contributed by atoms with E-state index in [1.165, 1.54) is 12.8 Å². The quantitative estimate of drug-likeness (QED) is 0.759. The molecule has 2 aromatic carbocycles. The highest BCUT2D eigenvalue weighted by Gasteiger charge is 2.21. The number of hydrogen-bond donors (Lipinski definition) is 0. The summed E-state index contributed by atoms with van der Waals surface area (Å²) in [6.45, 7) is 0. The summed E-state index contributed by atoms with van der Waals surface area (Å²) < 4.78 is 11.7. The van der Waals surface area contributed by atoms with Gasteiger partial charge in [0, 0.05) is 10.6 Å². The fourth-order valence-corrected chi connectivity index (χ4v) is 2.95. The zero-order chi connectivity index (χ0) is 14.7. The average Bonchev–Trinajstić information content (AvgIpc) is 3.01. The number of ether oxygens (including phenoxy) is 2. The Morgan fingerprint density at radius 2 is 1.71 bits per heavy atom. The molecule has 0 aliphatic heterocycles. The second kappa shape index (κ2) is 6.40. The second-order valence-electron chi connectivity index (χ2n) is 5.37. The normalized spacial score (nSPS) is 15.1. The van der Waals surface area contributed by atoms with Crippen LogP contribution in [0, 0.1) is 0 Å². The maximum Gasteiger partial charge on any atom is 0.169 e. The fourth-order valence-electron chi connectivity index (χ4n) is 2.83. The zero-order valence-electron chi connectivity index (χ0n) is 12.1. The van der Waals surface area contributed by atoms with Crippen LogP contribution >= 0.6 is 11.6 Å². The predicted octanol–water partition coefficient (Wildman–Crippen LogP) is 5.34. The molecule has 3 heteroatoms. The lowest BCUT2D eigenvalue weighted by Crippen LogP contribution is -2.12. The van der Waals surface area contributed by atoms with Crippen LogP contribution in [-0.4, -0.2) is 13.2 Å². The summed E-state index contributed by atoms with van der Waals surface area (Å²) in [6.07, 6.45) is 5.04. The molecular weight excluding hydrogens is 284 g/mol. The molecule has 2 aromatic rings. The molecule has 1 saturated carbocycles. The highest BCUT2D eigenvalue weighted by molar-refractivity contribution is 6.30. The lowest BCUT2D eigenvalue weighted by atomic mass is 10.0. The Morgan fingerprint density at radius 3 is 2.38 bits per heavy atom. The van der Waals surface area contributed by atoms with Gasteiger partial charge < -0.3 is 9.47 Å². The van der Waals surface area contributed by atoms with Crippen molar-refractivity contribution in [3.63, 3.8) is 0 Å². The minimum atomic E-state index is 0.298. The number of benzene rings is 2. The van der Waals surface area contributed by atoms with Crippen molar-refractivity contribution in [3.8, 4) is 22.6 Å². The van der Waals surface area contributed by atoms with Crippen LogP contribution in [0.15, 0.2) is 42.5 Å². The summed E-state index contributed by atoms with van der Waals surface area (Å²) in [7, 11) is 1.68. The summed E-state index contributed by atoms with van der Waals surface area (Å²) in [4.78, 5) is 0. The third kappa shape index (κ3) is 3.16. The standard InChI is InChI=1S/C18H19ClO2/c1-20-17-8-4-7-16(13-9-11-14(19)12-10-13)18(17)21-15-5-2-3-6-15/h4,7-12,15H,2-3,5-6H2,1H3. The molecule has 0 atom stereocenters. The van der Waals surface area contributed by atoms with E-state index in [1.54, 1.807) is 7.11 Å². The van der Waals surface area contributed by atoms with Gasteiger partial charge in [-0.05, 0) is 49.4 Å². The van der Waals surface area contributed by atoms with Crippen LogP contribution in [0.2, 0.25) is 5.02 Å². The van der Waals surface area contributed by atoms with E-state index < -0.39 is 0 Å². The van der Waals surface area contributed by atoms with Crippen molar-refractivity contribution < 1.29 is 9.47 Å². The van der Waals surface area contributed by atoms with Gasteiger partial charge in [-0.25, -0.2) is 0 Å². The van der Waals surface area contributed by atoms with E-state index in [1.807, 2.05) is 36.4 Å². The molecule has 1 aliphatic rings. The van der Waals surface area contributed by atoms with Crippen molar-refractivity contribution in [2.24, 2.45) is 0 Å². The Hall–Kier alpha value is -1.67. The van der Waals surface area contributed by atoms with Crippen LogP contribution in [0.3, 0.4) is 0 Å². The molecule has 0 aromatic heterocycles. The molecule has 3 rings (SSSR count). The Kier molecular flexibility index (Phi) is 4.35. The van der Waals surface area contributed by atoms with Gasteiger partial charge in [0.25, 0.3) is 0 Å². The van der Waals surface area contributed by atoms with Crippen LogP contribution < -0.4 is 9.47 Å². The van der Waals surface area contributed by atoms with Gasteiger partial charge in [-0.3, -0.25) is 0 Å². The van der Waals surface area contributed by atoms with Gasteiger partial charge in [-0.2, -0.15) is 0 Å². The monoisotopic (exact) mass is 302 g/mol. The Morgan fingerprint density at radius 1 is 1.00 bits per heavy atom. The SMILES string of the molecule is COc1cccc(-c2ccc(Cl)cc2)c1OC1CCCC1. The van der Waals surface area contributed by atoms with E-state index in [2.05, 4.69) is 6.07 Å². The molecule has 0 N–H and O–H groups in total. The topological polar surface area (TPSA) is 18.5 Å². The van der Waals surface area contributed by atoms with Crippen molar-refractivity contribution in [1.82, 2.24) is 0 Å². The van der Waals surface area contributed by atoms with Crippen molar-refractivity contribution >= 4 is 11.6 Å². The third-order valence-corrected chi connectivity index (χ3v) is 4.19. The highest BCUT2D eigenvalue weighted by atomic mass is 35.5. The van der Waals surface area contributed by atoms with Crippen LogP contribution in [0.4, 0.5) is 0 Å². The van der Waals surface area contributed by atoms with Crippen molar-refractivity contribution in [3.05, 3.63) is 47.5 Å². The molecule has 0 amide bonds. The number of rotatable bonds is 4. The summed E-state index contributed by atoms with van der Waals surface area (Å²) in [5.41, 5.74) is 2.14.